The maximum absolute atomic E-state index is 14.4. The molecule has 1 unspecified atom stereocenters. The van der Waals surface area contributed by atoms with E-state index in [2.05, 4.69) is 32.5 Å². The highest BCUT2D eigenvalue weighted by Crippen LogP contribution is 2.22. The highest BCUT2D eigenvalue weighted by molar-refractivity contribution is 14.1. The summed E-state index contributed by atoms with van der Waals surface area (Å²) in [5.74, 6) is -1.44. The molecule has 0 spiro atoms. The van der Waals surface area contributed by atoms with E-state index in [1.165, 1.54) is 6.92 Å². The number of carbonyl (C=O) groups is 7. The van der Waals surface area contributed by atoms with E-state index in [0.717, 1.165) is 11.1 Å². The summed E-state index contributed by atoms with van der Waals surface area (Å²) in [5, 5.41) is 14.1. The summed E-state index contributed by atoms with van der Waals surface area (Å²) in [6, 6.07) is 14.3. The number of esters is 1. The third-order valence-electron chi connectivity index (χ3n) is 10.7. The maximum Gasteiger partial charge on any atom is 0.307 e. The topological polar surface area (TPSA) is 201 Å². The Bertz CT molecular complexity index is 1870. The van der Waals surface area contributed by atoms with E-state index in [1.807, 2.05) is 116 Å². The van der Waals surface area contributed by atoms with Crippen LogP contribution in [0.2, 0.25) is 0 Å². The van der Waals surface area contributed by atoms with Gasteiger partial charge in [0.2, 0.25) is 29.5 Å². The normalized spacial score (nSPS) is 15.6. The molecule has 15 nitrogen and oxygen atoms in total. The third-order valence-corrected chi connectivity index (χ3v) is 12.1. The van der Waals surface area contributed by atoms with E-state index in [-0.39, 0.29) is 73.8 Å². The Morgan fingerprint density at radius 2 is 1.31 bits per heavy atom. The van der Waals surface area contributed by atoms with E-state index < -0.39 is 65.1 Å². The van der Waals surface area contributed by atoms with Crippen LogP contribution < -0.4 is 26.6 Å². The fraction of sp³-hybridized carbons (Fsp3) is 0.562. The molecule has 0 saturated carbocycles. The number of nitrogens with zero attached hydrogens (tertiary/aromatic N) is 1. The van der Waals surface area contributed by atoms with Gasteiger partial charge in [0.15, 0.2) is 11.4 Å². The molecule has 16 heteroatoms. The number of amides is 5. The van der Waals surface area contributed by atoms with Crippen molar-refractivity contribution in [3.8, 4) is 12.3 Å². The van der Waals surface area contributed by atoms with Gasteiger partial charge in [0.1, 0.15) is 18.1 Å². The van der Waals surface area contributed by atoms with Gasteiger partial charge < -0.3 is 36.1 Å². The lowest BCUT2D eigenvalue weighted by Gasteiger charge is -2.32. The Hall–Kier alpha value is -4.86. The first-order chi connectivity index (χ1) is 30.5. The first kappa shape index (κ1) is 53.5. The molecule has 3 rings (SSSR count). The largest absolute Gasteiger partial charge is 0.450 e. The predicted octanol–water partition coefficient (Wildman–Crippen LogP) is 3.45. The zero-order valence-electron chi connectivity index (χ0n) is 37.9. The van der Waals surface area contributed by atoms with Crippen LogP contribution in [0.25, 0.3) is 0 Å². The van der Waals surface area contributed by atoms with Crippen molar-refractivity contribution in [1.82, 2.24) is 31.5 Å². The smallest absolute Gasteiger partial charge is 0.307 e. The third kappa shape index (κ3) is 19.5. The van der Waals surface area contributed by atoms with Gasteiger partial charge >= 0.3 is 5.97 Å². The van der Waals surface area contributed by atoms with Crippen molar-refractivity contribution in [2.45, 2.75) is 116 Å². The van der Waals surface area contributed by atoms with Crippen LogP contribution in [0.1, 0.15) is 84.3 Å². The fourth-order valence-corrected chi connectivity index (χ4v) is 7.57. The van der Waals surface area contributed by atoms with Gasteiger partial charge in [0, 0.05) is 30.4 Å². The monoisotopic (exact) mass is 998 g/mol. The van der Waals surface area contributed by atoms with Gasteiger partial charge in [0.05, 0.1) is 38.8 Å². The second-order valence-corrected chi connectivity index (χ2v) is 18.0. The quantitative estimate of drug-likeness (QED) is 0.0382. The van der Waals surface area contributed by atoms with E-state index in [9.17, 15) is 33.6 Å². The number of rotatable bonds is 27. The van der Waals surface area contributed by atoms with Crippen LogP contribution in [0.15, 0.2) is 60.7 Å². The number of hydrogen-bond acceptors (Lipinski definition) is 10. The first-order valence-corrected chi connectivity index (χ1v) is 23.7. The van der Waals surface area contributed by atoms with Crippen molar-refractivity contribution >= 4 is 63.9 Å². The Morgan fingerprint density at radius 3 is 1.91 bits per heavy atom. The zero-order valence-corrected chi connectivity index (χ0v) is 40.1. The highest BCUT2D eigenvalue weighted by atomic mass is 127. The summed E-state index contributed by atoms with van der Waals surface area (Å²) >= 11 is 1.95. The molecule has 1 aliphatic heterocycles. The van der Waals surface area contributed by atoms with Crippen molar-refractivity contribution in [3.63, 3.8) is 0 Å². The molecule has 5 atom stereocenters. The van der Waals surface area contributed by atoms with Gasteiger partial charge in [-0.1, -0.05) is 117 Å². The SMILES string of the molecule is C#CCNC(=O)CCC(=O)O[C@](C)(CI)C(=O)[C@H](CCC(C)C)NC(=O)[C@H](Cc1ccccc1)NC(=O)C(CC(C)C)NC(=O)[C@H](CCc1ccccc1)NC(=O)CN1CCOCC1. The van der Waals surface area contributed by atoms with E-state index >= 15 is 0 Å². The van der Waals surface area contributed by atoms with E-state index in [0.29, 0.717) is 39.1 Å². The summed E-state index contributed by atoms with van der Waals surface area (Å²) in [4.78, 5) is 97.6. The molecule has 1 fully saturated rings. The number of halogens is 1. The van der Waals surface area contributed by atoms with E-state index in [1.54, 1.807) is 0 Å². The van der Waals surface area contributed by atoms with Gasteiger partial charge in [-0.05, 0) is 62.0 Å². The van der Waals surface area contributed by atoms with Gasteiger partial charge in [-0.25, -0.2) is 0 Å². The standard InChI is InChI=1S/C48H67IN6O9/c1-7-24-50-41(56)22-23-43(58)64-48(6,32-49)44(59)37(20-18-33(2)3)52-47(62)40(30-36-16-12-9-13-17-36)54-46(61)39(29-34(4)5)53-45(60)38(21-19-35-14-10-8-11-15-35)51-42(57)31-55-25-27-63-28-26-55/h1,8-17,33-34,37-40H,18-32H2,2-6H3,(H,50,56)(H,51,57)(H,52,62)(H,53,60)(H,54,61)/t37-,38-,39?,40-,48+/m0/s1. The van der Waals surface area contributed by atoms with Crippen molar-refractivity contribution < 1.29 is 43.0 Å². The first-order valence-electron chi connectivity index (χ1n) is 22.1. The van der Waals surface area contributed by atoms with Crippen LogP contribution in [0, 0.1) is 24.2 Å². The average Bonchev–Trinajstić information content (AvgIpc) is 3.27. The molecular weight excluding hydrogens is 931 g/mol. The Labute approximate surface area is 392 Å². The predicted molar refractivity (Wildman–Crippen MR) is 253 cm³/mol. The Kier molecular flexibility index (Phi) is 23.5. The fourth-order valence-electron chi connectivity index (χ4n) is 7.04. The molecule has 0 aromatic heterocycles. The Morgan fingerprint density at radius 1 is 0.734 bits per heavy atom. The van der Waals surface area contributed by atoms with Crippen LogP contribution in [0.4, 0.5) is 0 Å². The number of ether oxygens (including phenoxy) is 2. The molecule has 64 heavy (non-hydrogen) atoms. The van der Waals surface area contributed by atoms with Gasteiger partial charge in [-0.3, -0.25) is 38.5 Å². The molecule has 1 saturated heterocycles. The number of nitrogens with one attached hydrogen (secondary N) is 5. The zero-order chi connectivity index (χ0) is 47.1. The van der Waals surface area contributed by atoms with Crippen LogP contribution in [0.5, 0.6) is 0 Å². The number of aryl methyl sites for hydroxylation is 1. The number of ketones is 1. The van der Waals surface area contributed by atoms with E-state index in [4.69, 9.17) is 15.9 Å². The summed E-state index contributed by atoms with van der Waals surface area (Å²) in [6.07, 6.45) is 6.55. The molecule has 0 aliphatic carbocycles. The number of Topliss-reactive ketones (excluding diaryl/α,β-unsaturated/α-hetero) is 1. The maximum atomic E-state index is 14.4. The van der Waals surface area contributed by atoms with Crippen LogP contribution in [0.3, 0.4) is 0 Å². The molecule has 2 aromatic carbocycles. The number of hydrogen-bond donors (Lipinski definition) is 5. The molecule has 2 aromatic rings. The lowest BCUT2D eigenvalue weighted by molar-refractivity contribution is -0.164. The Balaban J connectivity index is 1.87. The van der Waals surface area contributed by atoms with Crippen molar-refractivity contribution in [2.24, 2.45) is 11.8 Å². The minimum absolute atomic E-state index is 0.0131. The van der Waals surface area contributed by atoms with Crippen LogP contribution >= 0.6 is 22.6 Å². The number of benzene rings is 2. The molecule has 1 aliphatic rings. The lowest BCUT2D eigenvalue weighted by Crippen LogP contribution is -2.60. The number of terminal acetylenes is 1. The van der Waals surface area contributed by atoms with Crippen molar-refractivity contribution in [3.05, 3.63) is 71.8 Å². The number of morpholine rings is 1. The second-order valence-electron chi connectivity index (χ2n) is 17.2. The minimum atomic E-state index is -1.65. The molecule has 1 heterocycles. The number of alkyl halides is 1. The molecular formula is C48H67IN6O9. The molecule has 0 radical (unpaired) electrons. The minimum Gasteiger partial charge on any atom is -0.450 e. The lowest BCUT2D eigenvalue weighted by atomic mass is 9.91. The van der Waals surface area contributed by atoms with Crippen molar-refractivity contribution in [2.75, 3.05) is 43.8 Å². The molecule has 350 valence electrons. The average molecular weight is 999 g/mol. The second kappa shape index (κ2) is 28.1. The van der Waals surface area contributed by atoms with Gasteiger partial charge in [-0.2, -0.15) is 0 Å². The van der Waals surface area contributed by atoms with Gasteiger partial charge in [0.25, 0.3) is 0 Å². The summed E-state index contributed by atoms with van der Waals surface area (Å²) in [6.45, 7) is 11.6. The summed E-state index contributed by atoms with van der Waals surface area (Å²) < 4.78 is 11.2. The van der Waals surface area contributed by atoms with Crippen LogP contribution in [-0.4, -0.2) is 120 Å². The van der Waals surface area contributed by atoms with Gasteiger partial charge in [-0.15, -0.1) is 6.42 Å². The summed E-state index contributed by atoms with van der Waals surface area (Å²) in [7, 11) is 0. The highest BCUT2D eigenvalue weighted by Gasteiger charge is 2.42. The van der Waals surface area contributed by atoms with Crippen molar-refractivity contribution in [1.29, 1.82) is 0 Å². The van der Waals surface area contributed by atoms with Crippen LogP contribution in [-0.2, 0) is 55.9 Å². The molecule has 0 bridgehead atoms. The number of carbonyl (C=O) groups excluding carboxylic acids is 7. The summed E-state index contributed by atoms with van der Waals surface area (Å²) in [5.41, 5.74) is 0.0670. The molecule has 5 amide bonds. The molecule has 5 N–H and O–H groups in total.